The molecule has 0 aliphatic heterocycles. The molecule has 0 radical (unpaired) electrons. The second-order valence-electron chi connectivity index (χ2n) is 3.62. The Morgan fingerprint density at radius 3 is 2.47 bits per heavy atom. The molecule has 0 aliphatic rings. The number of rotatable bonds is 4. The van der Waals surface area contributed by atoms with Gasteiger partial charge in [0.15, 0.2) is 0 Å². The summed E-state index contributed by atoms with van der Waals surface area (Å²) in [6.45, 7) is 5.83. The third kappa shape index (κ3) is 3.22. The fourth-order valence-electron chi connectivity index (χ4n) is 1.26. The predicted octanol–water partition coefficient (Wildman–Crippen LogP) is 1.81. The zero-order valence-corrected chi connectivity index (χ0v) is 8.73. The van der Waals surface area contributed by atoms with Gasteiger partial charge >= 0.3 is 5.97 Å². The summed E-state index contributed by atoms with van der Waals surface area (Å²) in [7, 11) is 0. The molecule has 0 bridgehead atoms. The molecule has 0 spiro atoms. The second-order valence-corrected chi connectivity index (χ2v) is 3.62. The molecular formula is C12H15NO2. The molecule has 0 saturated heterocycles. The van der Waals surface area contributed by atoms with Crippen molar-refractivity contribution in [2.75, 3.05) is 0 Å². The molecule has 0 fully saturated rings. The number of benzene rings is 1. The first-order valence-electron chi connectivity index (χ1n) is 4.74. The fourth-order valence-corrected chi connectivity index (χ4v) is 1.26. The summed E-state index contributed by atoms with van der Waals surface area (Å²) in [4.78, 5) is 10.6. The molecule has 1 aromatic carbocycles. The minimum absolute atomic E-state index is 0.276. The maximum Gasteiger partial charge on any atom is 0.320 e. The van der Waals surface area contributed by atoms with Gasteiger partial charge in [-0.15, -0.1) is 0 Å². The van der Waals surface area contributed by atoms with E-state index in [1.165, 1.54) is 0 Å². The van der Waals surface area contributed by atoms with E-state index in [0.717, 1.165) is 16.7 Å². The SMILES string of the molecule is C=C(C[C@@H](N)C(=O)O)c1ccc(C)cc1. The molecule has 0 amide bonds. The number of aryl methyl sites for hydroxylation is 1. The van der Waals surface area contributed by atoms with Crippen molar-refractivity contribution < 1.29 is 9.90 Å². The Bertz CT molecular complexity index is 368. The summed E-state index contributed by atoms with van der Waals surface area (Å²) < 4.78 is 0. The zero-order chi connectivity index (χ0) is 11.4. The lowest BCUT2D eigenvalue weighted by Crippen LogP contribution is -2.30. The van der Waals surface area contributed by atoms with Crippen molar-refractivity contribution in [3.63, 3.8) is 0 Å². The van der Waals surface area contributed by atoms with Gasteiger partial charge in [0.25, 0.3) is 0 Å². The first-order valence-corrected chi connectivity index (χ1v) is 4.74. The van der Waals surface area contributed by atoms with Gasteiger partial charge in [-0.2, -0.15) is 0 Å². The van der Waals surface area contributed by atoms with E-state index in [9.17, 15) is 4.79 Å². The van der Waals surface area contributed by atoms with Crippen molar-refractivity contribution in [2.24, 2.45) is 5.73 Å². The quantitative estimate of drug-likeness (QED) is 0.788. The van der Waals surface area contributed by atoms with Gasteiger partial charge in [-0.3, -0.25) is 4.79 Å². The lowest BCUT2D eigenvalue weighted by Gasteiger charge is -2.09. The smallest absolute Gasteiger partial charge is 0.320 e. The Hall–Kier alpha value is -1.61. The van der Waals surface area contributed by atoms with Crippen LogP contribution in [0.4, 0.5) is 0 Å². The molecule has 0 unspecified atom stereocenters. The van der Waals surface area contributed by atoms with Crippen molar-refractivity contribution >= 4 is 11.5 Å². The fraction of sp³-hybridized carbons (Fsp3) is 0.250. The molecule has 0 heterocycles. The van der Waals surface area contributed by atoms with Crippen LogP contribution in [0.2, 0.25) is 0 Å². The first-order chi connectivity index (χ1) is 7.00. The van der Waals surface area contributed by atoms with Crippen molar-refractivity contribution in [1.29, 1.82) is 0 Å². The van der Waals surface area contributed by atoms with Crippen LogP contribution < -0.4 is 5.73 Å². The van der Waals surface area contributed by atoms with Crippen molar-refractivity contribution in [3.8, 4) is 0 Å². The third-order valence-electron chi connectivity index (χ3n) is 2.24. The van der Waals surface area contributed by atoms with Crippen LogP contribution in [0.1, 0.15) is 17.5 Å². The molecule has 15 heavy (non-hydrogen) atoms. The van der Waals surface area contributed by atoms with E-state index in [0.29, 0.717) is 0 Å². The van der Waals surface area contributed by atoms with Crippen molar-refractivity contribution in [3.05, 3.63) is 42.0 Å². The van der Waals surface area contributed by atoms with E-state index in [1.807, 2.05) is 31.2 Å². The topological polar surface area (TPSA) is 63.3 Å². The highest BCUT2D eigenvalue weighted by atomic mass is 16.4. The normalized spacial score (nSPS) is 12.1. The van der Waals surface area contributed by atoms with E-state index in [1.54, 1.807) is 0 Å². The average molecular weight is 205 g/mol. The molecule has 0 saturated carbocycles. The summed E-state index contributed by atoms with van der Waals surface area (Å²) in [5.74, 6) is -0.997. The summed E-state index contributed by atoms with van der Waals surface area (Å²) >= 11 is 0. The van der Waals surface area contributed by atoms with Crippen molar-refractivity contribution in [2.45, 2.75) is 19.4 Å². The van der Waals surface area contributed by atoms with E-state index < -0.39 is 12.0 Å². The highest BCUT2D eigenvalue weighted by Crippen LogP contribution is 2.17. The molecule has 1 rings (SSSR count). The van der Waals surface area contributed by atoms with Gasteiger partial charge in [0.1, 0.15) is 6.04 Å². The molecule has 3 heteroatoms. The maximum absolute atomic E-state index is 10.6. The van der Waals surface area contributed by atoms with Crippen LogP contribution in [-0.4, -0.2) is 17.1 Å². The van der Waals surface area contributed by atoms with Gasteiger partial charge in [0, 0.05) is 0 Å². The Labute approximate surface area is 89.2 Å². The number of carboxylic acid groups (broad SMARTS) is 1. The predicted molar refractivity (Wildman–Crippen MR) is 60.4 cm³/mol. The summed E-state index contributed by atoms with van der Waals surface area (Å²) in [6.07, 6.45) is 0.276. The lowest BCUT2D eigenvalue weighted by molar-refractivity contribution is -0.138. The maximum atomic E-state index is 10.6. The standard InChI is InChI=1S/C12H15NO2/c1-8-3-5-10(6-4-8)9(2)7-11(13)12(14)15/h3-6,11H,2,7,13H2,1H3,(H,14,15)/t11-/m1/s1. The van der Waals surface area contributed by atoms with Crippen LogP contribution >= 0.6 is 0 Å². The molecule has 3 N–H and O–H groups in total. The number of carbonyl (C=O) groups is 1. The summed E-state index contributed by atoms with van der Waals surface area (Å²) in [5.41, 5.74) is 8.28. The Morgan fingerprint density at radius 2 is 2.00 bits per heavy atom. The first kappa shape index (κ1) is 11.5. The van der Waals surface area contributed by atoms with Crippen LogP contribution in [0.25, 0.3) is 5.57 Å². The minimum Gasteiger partial charge on any atom is -0.480 e. The van der Waals surface area contributed by atoms with E-state index >= 15 is 0 Å². The number of carboxylic acids is 1. The van der Waals surface area contributed by atoms with Gasteiger partial charge < -0.3 is 10.8 Å². The second kappa shape index (κ2) is 4.75. The van der Waals surface area contributed by atoms with Crippen LogP contribution in [0, 0.1) is 6.92 Å². The van der Waals surface area contributed by atoms with Gasteiger partial charge in [0.2, 0.25) is 0 Å². The number of aliphatic carboxylic acids is 1. The largest absolute Gasteiger partial charge is 0.480 e. The minimum atomic E-state index is -0.997. The average Bonchev–Trinajstić information content (AvgIpc) is 2.18. The summed E-state index contributed by atoms with van der Waals surface area (Å²) in [5, 5.41) is 8.66. The highest BCUT2D eigenvalue weighted by Gasteiger charge is 2.13. The number of nitrogens with two attached hydrogens (primary N) is 1. The highest BCUT2D eigenvalue weighted by molar-refractivity contribution is 5.77. The molecule has 1 atom stereocenters. The number of hydrogen-bond acceptors (Lipinski definition) is 2. The van der Waals surface area contributed by atoms with E-state index in [2.05, 4.69) is 6.58 Å². The van der Waals surface area contributed by atoms with Crippen LogP contribution in [0.5, 0.6) is 0 Å². The lowest BCUT2D eigenvalue weighted by atomic mass is 10.00. The Kier molecular flexibility index (Phi) is 3.63. The van der Waals surface area contributed by atoms with Gasteiger partial charge in [-0.1, -0.05) is 36.4 Å². The van der Waals surface area contributed by atoms with Gasteiger partial charge in [0.05, 0.1) is 0 Å². The van der Waals surface area contributed by atoms with E-state index in [-0.39, 0.29) is 6.42 Å². The monoisotopic (exact) mass is 205 g/mol. The molecule has 80 valence electrons. The molecule has 3 nitrogen and oxygen atoms in total. The molecule has 0 aromatic heterocycles. The van der Waals surface area contributed by atoms with Crippen LogP contribution in [0.3, 0.4) is 0 Å². The number of hydrogen-bond donors (Lipinski definition) is 2. The molecular weight excluding hydrogens is 190 g/mol. The third-order valence-corrected chi connectivity index (χ3v) is 2.24. The molecule has 1 aromatic rings. The van der Waals surface area contributed by atoms with Crippen molar-refractivity contribution in [1.82, 2.24) is 0 Å². The summed E-state index contributed by atoms with van der Waals surface area (Å²) in [6, 6.07) is 6.90. The zero-order valence-electron chi connectivity index (χ0n) is 8.73. The molecule has 0 aliphatic carbocycles. The van der Waals surface area contributed by atoms with E-state index in [4.69, 9.17) is 10.8 Å². The Morgan fingerprint density at radius 1 is 1.47 bits per heavy atom. The van der Waals surface area contributed by atoms with Crippen LogP contribution in [-0.2, 0) is 4.79 Å². The van der Waals surface area contributed by atoms with Crippen LogP contribution in [0.15, 0.2) is 30.8 Å². The van der Waals surface area contributed by atoms with Gasteiger partial charge in [-0.05, 0) is 24.5 Å². The van der Waals surface area contributed by atoms with Gasteiger partial charge in [-0.25, -0.2) is 0 Å². The Balaban J connectivity index is 2.69.